The quantitative estimate of drug-likeness (QED) is 0.306. The number of hydrazine groups is 1. The highest BCUT2D eigenvalue weighted by Crippen LogP contribution is 2.10. The van der Waals surface area contributed by atoms with Crippen molar-refractivity contribution in [1.82, 2.24) is 5.43 Å². The number of hydrogen-bond acceptors (Lipinski definition) is 2. The molecule has 0 saturated carbocycles. The van der Waals surface area contributed by atoms with Crippen molar-refractivity contribution in [2.45, 2.75) is 20.6 Å². The van der Waals surface area contributed by atoms with Gasteiger partial charge in [-0.3, -0.25) is 10.2 Å². The van der Waals surface area contributed by atoms with Gasteiger partial charge in [0.05, 0.1) is 0 Å². The maximum absolute atomic E-state index is 11.2. The first-order chi connectivity index (χ1) is 5.98. The lowest BCUT2D eigenvalue weighted by atomic mass is 9.96. The molecule has 0 aliphatic heterocycles. The number of nitrogens with one attached hydrogen (secondary N) is 1. The third kappa shape index (κ3) is 4.24. The molecule has 0 spiro atoms. The minimum atomic E-state index is -2.94. The maximum Gasteiger partial charge on any atom is 0.239 e. The first-order valence-electron chi connectivity index (χ1n) is 4.99. The molecule has 0 aromatic carbocycles. The molecule has 56 valence electrons. The predicted molar refractivity (Wildman–Crippen MR) is 39.0 cm³/mol. The second-order valence-corrected chi connectivity index (χ2v) is 1.60. The largest absolute Gasteiger partial charge is 0.294 e. The van der Waals surface area contributed by atoms with Gasteiger partial charge in [0.25, 0.3) is 0 Å². The van der Waals surface area contributed by atoms with Crippen LogP contribution in [0.2, 0.25) is 0 Å². The Kier molecular flexibility index (Phi) is 1.32. The summed E-state index contributed by atoms with van der Waals surface area (Å²) in [7, 11) is 0. The molecule has 1 amide bonds. The summed E-state index contributed by atoms with van der Waals surface area (Å²) in [4.78, 5) is 11.2. The zero-order valence-corrected chi connectivity index (χ0v) is 5.71. The van der Waals surface area contributed by atoms with E-state index in [9.17, 15) is 4.79 Å². The Morgan fingerprint density at radius 1 is 1.78 bits per heavy atom. The monoisotopic (exact) mass is 158 g/mol. The van der Waals surface area contributed by atoms with E-state index in [0.717, 1.165) is 6.92 Å². The van der Waals surface area contributed by atoms with Gasteiger partial charge in [-0.15, -0.1) is 12.4 Å². The molecule has 0 atom stereocenters. The van der Waals surface area contributed by atoms with Crippen LogP contribution in [-0.4, -0.2) is 5.91 Å². The Morgan fingerprint density at radius 3 is 2.33 bits per heavy atom. The Balaban J connectivity index is 0. The van der Waals surface area contributed by atoms with E-state index >= 15 is 0 Å². The van der Waals surface area contributed by atoms with Gasteiger partial charge in [-0.05, 0) is 0 Å². The normalized spacial score (nSPS) is 22.4. The Bertz CT molecular complexity index is 223. The van der Waals surface area contributed by atoms with Crippen molar-refractivity contribution in [2.24, 2.45) is 11.3 Å². The van der Waals surface area contributed by atoms with Gasteiger partial charge in [0, 0.05) is 13.6 Å². The lowest BCUT2D eigenvalue weighted by molar-refractivity contribution is -0.128. The van der Waals surface area contributed by atoms with Crippen molar-refractivity contribution in [3.63, 3.8) is 0 Å². The topological polar surface area (TPSA) is 55.1 Å². The van der Waals surface area contributed by atoms with Crippen molar-refractivity contribution in [3.8, 4) is 0 Å². The summed E-state index contributed by atoms with van der Waals surface area (Å²) >= 11 is 0. The van der Waals surface area contributed by atoms with Gasteiger partial charge in [0.15, 0.2) is 0 Å². The molecule has 0 rings (SSSR count). The van der Waals surface area contributed by atoms with Crippen LogP contribution in [0.3, 0.4) is 0 Å². The number of rotatable bonds is 0. The fourth-order valence-electron chi connectivity index (χ4n) is 0.144. The summed E-state index contributed by atoms with van der Waals surface area (Å²) in [5.74, 6) is 3.53. The second kappa shape index (κ2) is 3.69. The van der Waals surface area contributed by atoms with E-state index in [2.05, 4.69) is 0 Å². The summed E-state index contributed by atoms with van der Waals surface area (Å²) in [5, 5.41) is 0. The van der Waals surface area contributed by atoms with E-state index in [-0.39, 0.29) is 12.4 Å². The molecule has 0 aromatic heterocycles. The zero-order chi connectivity index (χ0) is 11.8. The van der Waals surface area contributed by atoms with E-state index in [1.54, 1.807) is 5.43 Å². The Labute approximate surface area is 69.8 Å². The van der Waals surface area contributed by atoms with Crippen LogP contribution in [0.15, 0.2) is 0 Å². The second-order valence-electron chi connectivity index (χ2n) is 1.60. The molecule has 0 aliphatic rings. The third-order valence-corrected chi connectivity index (χ3v) is 0.585. The highest BCUT2D eigenvalue weighted by molar-refractivity contribution is 5.85. The van der Waals surface area contributed by atoms with Crippen LogP contribution >= 0.6 is 12.4 Å². The molecule has 9 heavy (non-hydrogen) atoms. The number of carbonyl (C=O) groups is 1. The van der Waals surface area contributed by atoms with E-state index in [1.807, 2.05) is 0 Å². The van der Waals surface area contributed by atoms with E-state index in [1.165, 1.54) is 0 Å². The Hall–Kier alpha value is -0.280. The van der Waals surface area contributed by atoms with Crippen LogP contribution in [0.5, 0.6) is 0 Å². The Morgan fingerprint density at radius 2 is 2.22 bits per heavy atom. The summed E-state index contributed by atoms with van der Waals surface area (Å²) in [6, 6.07) is 0. The highest BCUT2D eigenvalue weighted by Gasteiger charge is 2.19. The summed E-state index contributed by atoms with van der Waals surface area (Å²) in [6.45, 7) is -5.04. The predicted octanol–water partition coefficient (Wildman–Crippen LogP) is 0.444. The molecule has 4 heteroatoms. The molecular weight excluding hydrogens is 140 g/mol. The number of hydrogen-bond donors (Lipinski definition) is 2. The molecule has 3 N–H and O–H groups in total. The highest BCUT2D eigenvalue weighted by atomic mass is 35.5. The van der Waals surface area contributed by atoms with Gasteiger partial charge >= 0.3 is 0 Å². The van der Waals surface area contributed by atoms with Crippen LogP contribution < -0.4 is 11.3 Å². The van der Waals surface area contributed by atoms with Gasteiger partial charge in [-0.25, -0.2) is 5.84 Å². The van der Waals surface area contributed by atoms with Crippen molar-refractivity contribution in [3.05, 3.63) is 0 Å². The molecule has 0 aromatic rings. The minimum absolute atomic E-state index is 0. The molecule has 0 heterocycles. The first kappa shape index (κ1) is 3.21. The number of carbonyl (C=O) groups excluding carboxylic acids is 1. The lowest BCUT2D eigenvalue weighted by Crippen LogP contribution is -2.39. The number of amides is 1. The van der Waals surface area contributed by atoms with Crippen molar-refractivity contribution in [2.75, 3.05) is 0 Å². The van der Waals surface area contributed by atoms with Gasteiger partial charge in [0.2, 0.25) is 5.91 Å². The summed E-state index contributed by atoms with van der Waals surface area (Å²) in [5.41, 5.74) is -0.932. The van der Waals surface area contributed by atoms with Crippen LogP contribution in [0.25, 0.3) is 0 Å². The first-order valence-corrected chi connectivity index (χ1v) is 1.99. The number of halogens is 1. The molecule has 0 saturated heterocycles. The molecule has 3 nitrogen and oxygen atoms in total. The van der Waals surface area contributed by atoms with Crippen LogP contribution in [0.1, 0.15) is 28.9 Å². The SMILES string of the molecule is Cl.[2H]C([2H])([2H])C(C)(C(=O)NN)C([2H])([2H])[2H]. The fourth-order valence-corrected chi connectivity index (χ4v) is 0.144. The molecule has 0 radical (unpaired) electrons. The fraction of sp³-hybridized carbons (Fsp3) is 0.800. The van der Waals surface area contributed by atoms with Crippen LogP contribution in [-0.2, 0) is 4.79 Å². The average molecular weight is 159 g/mol. The summed E-state index contributed by atoms with van der Waals surface area (Å²) in [6.07, 6.45) is 0. The smallest absolute Gasteiger partial charge is 0.239 e. The molecule has 0 aliphatic carbocycles. The lowest BCUT2D eigenvalue weighted by Gasteiger charge is -2.14. The average Bonchev–Trinajstić information content (AvgIpc) is 1.97. The van der Waals surface area contributed by atoms with E-state index < -0.39 is 25.0 Å². The summed E-state index contributed by atoms with van der Waals surface area (Å²) < 4.78 is 42.2. The van der Waals surface area contributed by atoms with Gasteiger partial charge < -0.3 is 0 Å². The minimum Gasteiger partial charge on any atom is -0.294 e. The van der Waals surface area contributed by atoms with Crippen LogP contribution in [0.4, 0.5) is 0 Å². The zero-order valence-electron chi connectivity index (χ0n) is 10.9. The van der Waals surface area contributed by atoms with Gasteiger partial charge in [-0.1, -0.05) is 20.6 Å². The van der Waals surface area contributed by atoms with Crippen molar-refractivity contribution < 1.29 is 13.0 Å². The van der Waals surface area contributed by atoms with Crippen molar-refractivity contribution in [1.29, 1.82) is 0 Å². The van der Waals surface area contributed by atoms with Gasteiger partial charge in [-0.2, -0.15) is 0 Å². The van der Waals surface area contributed by atoms with E-state index in [0.29, 0.717) is 0 Å². The molecule has 0 fully saturated rings. The standard InChI is InChI=1S/C5H12N2O.ClH/c1-5(2,3)4(8)7-6;/h6H2,1-3H3,(H,7,8);1H/i1D3,2D3;. The maximum atomic E-state index is 11.2. The van der Waals surface area contributed by atoms with Crippen LogP contribution in [0, 0.1) is 5.41 Å². The van der Waals surface area contributed by atoms with E-state index in [4.69, 9.17) is 14.1 Å². The van der Waals surface area contributed by atoms with Crippen molar-refractivity contribution >= 4 is 18.3 Å². The third-order valence-electron chi connectivity index (χ3n) is 0.585. The molecule has 0 unspecified atom stereocenters. The number of nitrogens with two attached hydrogens (primary N) is 1. The molecular formula is C5H13ClN2O. The molecule has 0 bridgehead atoms. The van der Waals surface area contributed by atoms with Gasteiger partial charge in [0.1, 0.15) is 0 Å².